The maximum absolute atomic E-state index is 14.8. The average molecular weight is 404 g/mol. The van der Waals surface area contributed by atoms with Gasteiger partial charge in [-0.3, -0.25) is 4.90 Å². The van der Waals surface area contributed by atoms with Crippen molar-refractivity contribution in [2.45, 2.75) is 12.7 Å². The molecule has 0 aromatic heterocycles. The lowest BCUT2D eigenvalue weighted by Gasteiger charge is -2.30. The summed E-state index contributed by atoms with van der Waals surface area (Å²) in [5.41, 5.74) is 1.47. The van der Waals surface area contributed by atoms with Crippen LogP contribution in [0.5, 0.6) is 0 Å². The zero-order chi connectivity index (χ0) is 20.6. The van der Waals surface area contributed by atoms with Gasteiger partial charge in [-0.25, -0.2) is 9.18 Å². The van der Waals surface area contributed by atoms with Crippen LogP contribution in [0, 0.1) is 5.82 Å². The van der Waals surface area contributed by atoms with Gasteiger partial charge in [0, 0.05) is 13.1 Å². The Bertz CT molecular complexity index is 799. The first-order valence-corrected chi connectivity index (χ1v) is 9.48. The van der Waals surface area contributed by atoms with Gasteiger partial charge in [-0.1, -0.05) is 30.3 Å². The van der Waals surface area contributed by atoms with Crippen molar-refractivity contribution in [3.05, 3.63) is 59.9 Å². The molecule has 1 atom stereocenters. The number of anilines is 2. The van der Waals surface area contributed by atoms with Gasteiger partial charge in [0.05, 0.1) is 43.8 Å². The number of nitrogens with zero attached hydrogens (tertiary/aromatic N) is 2. The van der Waals surface area contributed by atoms with Crippen LogP contribution < -0.4 is 9.80 Å². The van der Waals surface area contributed by atoms with Gasteiger partial charge < -0.3 is 24.6 Å². The molecule has 3 rings (SSSR count). The van der Waals surface area contributed by atoms with Crippen molar-refractivity contribution in [3.8, 4) is 0 Å². The summed E-state index contributed by atoms with van der Waals surface area (Å²) < 4.78 is 25.4. The second-order valence-corrected chi connectivity index (χ2v) is 6.72. The molecular formula is C21H25FN2O5. The number of ether oxygens (including phenoxy) is 2. The topological polar surface area (TPSA) is 82.5 Å². The van der Waals surface area contributed by atoms with Crippen molar-refractivity contribution in [3.63, 3.8) is 0 Å². The number of morpholine rings is 1. The molecule has 0 radical (unpaired) electrons. The molecule has 2 aromatic rings. The van der Waals surface area contributed by atoms with Crippen LogP contribution in [-0.2, 0) is 16.1 Å². The fourth-order valence-corrected chi connectivity index (χ4v) is 3.08. The molecule has 2 N–H and O–H groups in total. The van der Waals surface area contributed by atoms with E-state index >= 15 is 0 Å². The van der Waals surface area contributed by atoms with E-state index in [0.717, 1.165) is 10.5 Å². The molecular weight excluding hydrogens is 379 g/mol. The number of amides is 1. The maximum atomic E-state index is 14.8. The second kappa shape index (κ2) is 10.2. The fraction of sp³-hybridized carbons (Fsp3) is 0.381. The molecule has 29 heavy (non-hydrogen) atoms. The zero-order valence-electron chi connectivity index (χ0n) is 16.0. The lowest BCUT2D eigenvalue weighted by Crippen LogP contribution is -2.39. The van der Waals surface area contributed by atoms with E-state index in [0.29, 0.717) is 32.0 Å². The quantitative estimate of drug-likeness (QED) is 0.736. The van der Waals surface area contributed by atoms with Crippen molar-refractivity contribution in [2.75, 3.05) is 49.3 Å². The van der Waals surface area contributed by atoms with Crippen LogP contribution in [0.2, 0.25) is 0 Å². The minimum absolute atomic E-state index is 0.0414. The van der Waals surface area contributed by atoms with Gasteiger partial charge in [-0.2, -0.15) is 0 Å². The van der Waals surface area contributed by atoms with Crippen LogP contribution >= 0.6 is 0 Å². The highest BCUT2D eigenvalue weighted by molar-refractivity contribution is 5.88. The van der Waals surface area contributed by atoms with Gasteiger partial charge in [-0.15, -0.1) is 0 Å². The third-order valence-electron chi connectivity index (χ3n) is 4.62. The Morgan fingerprint density at radius 1 is 1.21 bits per heavy atom. The first-order chi connectivity index (χ1) is 14.1. The molecule has 0 spiro atoms. The monoisotopic (exact) mass is 404 g/mol. The van der Waals surface area contributed by atoms with Crippen molar-refractivity contribution >= 4 is 17.5 Å². The SMILES string of the molecule is O=C(OCc1ccccc1)N(C[C@H](O)CO)c1ccc(N2CCOCC2)c(F)c1. The average Bonchev–Trinajstić information content (AvgIpc) is 2.77. The molecule has 1 fully saturated rings. The minimum atomic E-state index is -1.18. The van der Waals surface area contributed by atoms with Gasteiger partial charge in [0.25, 0.3) is 0 Å². The standard InChI is InChI=1S/C21H25FN2O5/c22-19-12-17(6-7-20(19)23-8-10-28-11-9-23)24(13-18(26)14-25)21(27)29-15-16-4-2-1-3-5-16/h1-7,12,18,25-26H,8-11,13-15H2/t18-/m0/s1. The molecule has 1 heterocycles. The smallest absolute Gasteiger partial charge is 0.414 e. The molecule has 156 valence electrons. The fourth-order valence-electron chi connectivity index (χ4n) is 3.08. The van der Waals surface area contributed by atoms with E-state index in [1.807, 2.05) is 35.2 Å². The molecule has 1 aliphatic rings. The normalized spacial score (nSPS) is 15.1. The van der Waals surface area contributed by atoms with E-state index in [4.69, 9.17) is 14.6 Å². The summed E-state index contributed by atoms with van der Waals surface area (Å²) in [6.07, 6.45) is -1.92. The number of aliphatic hydroxyl groups excluding tert-OH is 2. The predicted octanol–water partition coefficient (Wildman–Crippen LogP) is 2.16. The maximum Gasteiger partial charge on any atom is 0.414 e. The van der Waals surface area contributed by atoms with E-state index in [2.05, 4.69) is 0 Å². The Hall–Kier alpha value is -2.68. The number of carbonyl (C=O) groups excluding carboxylic acids is 1. The number of halogens is 1. The van der Waals surface area contributed by atoms with Crippen LogP contribution in [0.15, 0.2) is 48.5 Å². The lowest BCUT2D eigenvalue weighted by molar-refractivity contribution is 0.0949. The van der Waals surface area contributed by atoms with Crippen molar-refractivity contribution < 1.29 is 28.9 Å². The summed E-state index contributed by atoms with van der Waals surface area (Å²) in [6, 6.07) is 13.6. The van der Waals surface area contributed by atoms with Gasteiger partial charge in [0.2, 0.25) is 0 Å². The number of hydrogen-bond acceptors (Lipinski definition) is 6. The summed E-state index contributed by atoms with van der Waals surface area (Å²) in [7, 11) is 0. The molecule has 0 unspecified atom stereocenters. The number of carbonyl (C=O) groups is 1. The molecule has 0 bridgehead atoms. The number of aliphatic hydroxyl groups is 2. The Morgan fingerprint density at radius 2 is 1.93 bits per heavy atom. The third kappa shape index (κ3) is 5.66. The van der Waals surface area contributed by atoms with Gasteiger partial charge in [-0.05, 0) is 23.8 Å². The van der Waals surface area contributed by atoms with Gasteiger partial charge in [0.1, 0.15) is 12.4 Å². The van der Waals surface area contributed by atoms with Crippen molar-refractivity contribution in [1.29, 1.82) is 0 Å². The molecule has 1 saturated heterocycles. The number of benzene rings is 2. The summed E-state index contributed by atoms with van der Waals surface area (Å²) >= 11 is 0. The van der Waals surface area contributed by atoms with Gasteiger partial charge >= 0.3 is 6.09 Å². The lowest BCUT2D eigenvalue weighted by atomic mass is 10.2. The van der Waals surface area contributed by atoms with Gasteiger partial charge in [0.15, 0.2) is 0 Å². The summed E-state index contributed by atoms with van der Waals surface area (Å²) in [4.78, 5) is 15.6. The van der Waals surface area contributed by atoms with Crippen molar-refractivity contribution in [2.24, 2.45) is 0 Å². The molecule has 7 nitrogen and oxygen atoms in total. The van der Waals surface area contributed by atoms with Crippen LogP contribution in [0.4, 0.5) is 20.6 Å². The van der Waals surface area contributed by atoms with E-state index in [9.17, 15) is 14.3 Å². The van der Waals surface area contributed by atoms with Crippen LogP contribution in [0.1, 0.15) is 5.56 Å². The molecule has 0 saturated carbocycles. The highest BCUT2D eigenvalue weighted by Gasteiger charge is 2.23. The third-order valence-corrected chi connectivity index (χ3v) is 4.62. The highest BCUT2D eigenvalue weighted by atomic mass is 19.1. The molecule has 8 heteroatoms. The van der Waals surface area contributed by atoms with E-state index in [1.54, 1.807) is 12.1 Å². The van der Waals surface area contributed by atoms with E-state index in [-0.39, 0.29) is 18.8 Å². The summed E-state index contributed by atoms with van der Waals surface area (Å²) in [5, 5.41) is 19.0. The largest absolute Gasteiger partial charge is 0.444 e. The van der Waals surface area contributed by atoms with Crippen LogP contribution in [0.25, 0.3) is 0 Å². The summed E-state index contributed by atoms with van der Waals surface area (Å²) in [5.74, 6) is -0.483. The van der Waals surface area contributed by atoms with Crippen molar-refractivity contribution in [1.82, 2.24) is 0 Å². The highest BCUT2D eigenvalue weighted by Crippen LogP contribution is 2.26. The van der Waals surface area contributed by atoms with Crippen LogP contribution in [0.3, 0.4) is 0 Å². The Morgan fingerprint density at radius 3 is 2.59 bits per heavy atom. The minimum Gasteiger partial charge on any atom is -0.444 e. The second-order valence-electron chi connectivity index (χ2n) is 6.72. The molecule has 2 aromatic carbocycles. The molecule has 1 aliphatic heterocycles. The first-order valence-electron chi connectivity index (χ1n) is 9.48. The summed E-state index contributed by atoms with van der Waals surface area (Å²) in [6.45, 7) is 1.52. The predicted molar refractivity (Wildman–Crippen MR) is 106 cm³/mol. The first kappa shape index (κ1) is 21.0. The zero-order valence-corrected chi connectivity index (χ0v) is 16.0. The van der Waals surface area contributed by atoms with E-state index in [1.165, 1.54) is 6.07 Å². The van der Waals surface area contributed by atoms with E-state index < -0.39 is 24.6 Å². The number of hydrogen-bond donors (Lipinski definition) is 2. The number of rotatable bonds is 7. The Kier molecular flexibility index (Phi) is 7.40. The van der Waals surface area contributed by atoms with Crippen LogP contribution in [-0.4, -0.2) is 61.9 Å². The Labute approximate surface area is 168 Å². The molecule has 1 amide bonds. The Balaban J connectivity index is 1.76. The molecule has 0 aliphatic carbocycles.